The second-order valence-electron chi connectivity index (χ2n) is 11.9. The van der Waals surface area contributed by atoms with E-state index in [4.69, 9.17) is 9.72 Å². The summed E-state index contributed by atoms with van der Waals surface area (Å²) in [6.45, 7) is 0. The zero-order chi connectivity index (χ0) is 24.9. The summed E-state index contributed by atoms with van der Waals surface area (Å²) in [4.78, 5) is 30.4. The van der Waals surface area contributed by atoms with E-state index in [2.05, 4.69) is 25.5 Å². The molecule has 7 nitrogen and oxygen atoms in total. The number of piperidine rings is 2. The molecule has 4 atom stereocenters. The fraction of sp³-hybridized carbons (Fsp3) is 0.600. The molecule has 2 aromatic heterocycles. The third-order valence-corrected chi connectivity index (χ3v) is 9.75. The second-order valence-corrected chi connectivity index (χ2v) is 11.9. The summed E-state index contributed by atoms with van der Waals surface area (Å²) in [6, 6.07) is 12.1. The van der Waals surface area contributed by atoms with Crippen molar-refractivity contribution < 1.29 is 4.74 Å². The number of rotatable bonds is 4. The van der Waals surface area contributed by atoms with Gasteiger partial charge in [0.15, 0.2) is 5.69 Å². The smallest absolute Gasteiger partial charge is 0.316 e. The molecule has 7 rings (SSSR count). The largest absolute Gasteiger partial charge is 0.467 e. The predicted molar refractivity (Wildman–Crippen MR) is 144 cm³/mol. The Balaban J connectivity index is 1.26. The minimum absolute atomic E-state index is 0.0526. The van der Waals surface area contributed by atoms with E-state index in [0.29, 0.717) is 23.5 Å². The molecule has 194 valence electrons. The van der Waals surface area contributed by atoms with Crippen LogP contribution in [0.4, 0.5) is 0 Å². The first kappa shape index (κ1) is 23.3. The van der Waals surface area contributed by atoms with E-state index in [-0.39, 0.29) is 17.6 Å². The van der Waals surface area contributed by atoms with Gasteiger partial charge in [-0.05, 0) is 75.0 Å². The van der Waals surface area contributed by atoms with Crippen molar-refractivity contribution >= 4 is 11.0 Å². The van der Waals surface area contributed by atoms with Crippen LogP contribution in [0.1, 0.15) is 76.7 Å². The quantitative estimate of drug-likeness (QED) is 0.479. The van der Waals surface area contributed by atoms with Crippen molar-refractivity contribution in [2.75, 3.05) is 7.11 Å². The summed E-state index contributed by atoms with van der Waals surface area (Å²) in [7, 11) is 1.54. The fourth-order valence-corrected chi connectivity index (χ4v) is 8.39. The molecule has 0 radical (unpaired) electrons. The van der Waals surface area contributed by atoms with Gasteiger partial charge in [0.05, 0.1) is 18.1 Å². The maximum Gasteiger partial charge on any atom is 0.316 e. The molecular weight excluding hydrogens is 462 g/mol. The van der Waals surface area contributed by atoms with E-state index in [1.807, 2.05) is 18.2 Å². The summed E-state index contributed by atoms with van der Waals surface area (Å²) in [5, 5.41) is 0. The number of aromatic nitrogens is 4. The maximum atomic E-state index is 14.1. The third kappa shape index (κ3) is 4.15. The topological polar surface area (TPSA) is 73.1 Å². The molecule has 4 bridgehead atoms. The van der Waals surface area contributed by atoms with Gasteiger partial charge in [-0.2, -0.15) is 4.98 Å². The first-order chi connectivity index (χ1) is 18.2. The predicted octanol–water partition coefficient (Wildman–Crippen LogP) is 5.39. The van der Waals surface area contributed by atoms with E-state index in [1.165, 1.54) is 64.9 Å². The Morgan fingerprint density at radius 1 is 0.811 bits per heavy atom. The van der Waals surface area contributed by atoms with Crippen LogP contribution < -0.4 is 10.3 Å². The molecule has 4 unspecified atom stereocenters. The van der Waals surface area contributed by atoms with Crippen LogP contribution in [0.3, 0.4) is 0 Å². The summed E-state index contributed by atoms with van der Waals surface area (Å²) in [5.74, 6) is 1.88. The molecular formula is C30H37N5O2. The summed E-state index contributed by atoms with van der Waals surface area (Å²) in [5.41, 5.74) is 2.61. The molecule has 3 aromatic rings. The summed E-state index contributed by atoms with van der Waals surface area (Å²) < 4.78 is 7.29. The Morgan fingerprint density at radius 2 is 1.54 bits per heavy atom. The first-order valence-electron chi connectivity index (χ1n) is 14.3. The Hall–Kier alpha value is -2.80. The Labute approximate surface area is 218 Å². The molecule has 2 aliphatic heterocycles. The lowest BCUT2D eigenvalue weighted by atomic mass is 9.68. The van der Waals surface area contributed by atoms with Gasteiger partial charge in [0.1, 0.15) is 5.69 Å². The number of nitrogens with zero attached hydrogens (tertiary/aromatic N) is 5. The van der Waals surface area contributed by atoms with Crippen molar-refractivity contribution in [3.63, 3.8) is 0 Å². The van der Waals surface area contributed by atoms with E-state index in [9.17, 15) is 4.79 Å². The Bertz CT molecular complexity index is 1330. The molecule has 2 aliphatic carbocycles. The van der Waals surface area contributed by atoms with Crippen molar-refractivity contribution in [1.82, 2.24) is 24.4 Å². The average Bonchev–Trinajstić information content (AvgIpc) is 2.92. The van der Waals surface area contributed by atoms with Crippen molar-refractivity contribution in [2.24, 2.45) is 11.8 Å². The van der Waals surface area contributed by atoms with Crippen LogP contribution >= 0.6 is 0 Å². The van der Waals surface area contributed by atoms with E-state index >= 15 is 0 Å². The molecule has 0 N–H and O–H groups in total. The Kier molecular flexibility index (Phi) is 5.99. The van der Waals surface area contributed by atoms with Gasteiger partial charge in [0.25, 0.3) is 5.56 Å². The van der Waals surface area contributed by atoms with Gasteiger partial charge in [-0.15, -0.1) is 0 Å². The maximum absolute atomic E-state index is 14.1. The number of fused-ring (bicyclic) bond motifs is 5. The highest BCUT2D eigenvalue weighted by atomic mass is 16.5. The van der Waals surface area contributed by atoms with E-state index < -0.39 is 0 Å². The number of methoxy groups -OCH3 is 1. The number of ether oxygens (including phenoxy) is 1. The van der Waals surface area contributed by atoms with Gasteiger partial charge in [-0.25, -0.2) is 9.97 Å². The summed E-state index contributed by atoms with van der Waals surface area (Å²) in [6.07, 6.45) is 16.1. The number of para-hydroxylation sites is 2. The lowest BCUT2D eigenvalue weighted by Crippen LogP contribution is -2.58. The number of benzene rings is 1. The van der Waals surface area contributed by atoms with Crippen LogP contribution in [-0.4, -0.2) is 49.7 Å². The van der Waals surface area contributed by atoms with Crippen molar-refractivity contribution in [3.8, 4) is 17.4 Å². The molecule has 4 fully saturated rings. The van der Waals surface area contributed by atoms with Crippen LogP contribution in [0, 0.1) is 11.8 Å². The van der Waals surface area contributed by atoms with Crippen LogP contribution in [0.15, 0.2) is 41.3 Å². The minimum Gasteiger partial charge on any atom is -0.467 e. The lowest BCUT2D eigenvalue weighted by Gasteiger charge is -2.55. The molecule has 37 heavy (non-hydrogen) atoms. The van der Waals surface area contributed by atoms with Crippen molar-refractivity contribution in [3.05, 3.63) is 46.9 Å². The van der Waals surface area contributed by atoms with Gasteiger partial charge >= 0.3 is 6.01 Å². The van der Waals surface area contributed by atoms with Gasteiger partial charge in [0, 0.05) is 30.4 Å². The van der Waals surface area contributed by atoms with Crippen LogP contribution in [0.2, 0.25) is 0 Å². The van der Waals surface area contributed by atoms with Crippen LogP contribution in [0.5, 0.6) is 6.01 Å². The molecule has 0 spiro atoms. The minimum atomic E-state index is -0.0526. The van der Waals surface area contributed by atoms with Crippen LogP contribution in [0.25, 0.3) is 22.4 Å². The standard InChI is InChI=1S/C30H37N5O2/c1-37-30-31-13-12-26(33-30)28-29(36)35(27-11-3-2-10-25(27)32-28)24-17-21-8-5-9-22(18-24)34(21)23-15-19-6-4-7-20(14-19)16-23/h2-3,10-13,19-24H,4-9,14-18H2,1H3. The molecule has 4 heterocycles. The lowest BCUT2D eigenvalue weighted by molar-refractivity contribution is -0.0485. The molecule has 2 saturated carbocycles. The monoisotopic (exact) mass is 499 g/mol. The van der Waals surface area contributed by atoms with Crippen molar-refractivity contribution in [1.29, 1.82) is 0 Å². The molecule has 0 amide bonds. The zero-order valence-electron chi connectivity index (χ0n) is 21.8. The van der Waals surface area contributed by atoms with Gasteiger partial charge in [-0.3, -0.25) is 9.69 Å². The molecule has 2 saturated heterocycles. The zero-order valence-corrected chi connectivity index (χ0v) is 21.8. The van der Waals surface area contributed by atoms with E-state index in [1.54, 1.807) is 12.3 Å². The highest BCUT2D eigenvalue weighted by Crippen LogP contribution is 2.47. The average molecular weight is 500 g/mol. The SMILES string of the molecule is COc1nccc(-c2nc3ccccc3n(C3CC4CCCC(C3)N4C3CC4CCCC(C4)C3)c2=O)n1. The molecule has 1 aromatic carbocycles. The normalized spacial score (nSPS) is 31.8. The molecule has 7 heteroatoms. The van der Waals surface area contributed by atoms with Crippen molar-refractivity contribution in [2.45, 2.75) is 94.8 Å². The number of hydrogen-bond acceptors (Lipinski definition) is 6. The van der Waals surface area contributed by atoms with Gasteiger partial charge in [-0.1, -0.05) is 37.8 Å². The highest BCUT2D eigenvalue weighted by molar-refractivity contribution is 5.77. The second kappa shape index (κ2) is 9.50. The fourth-order valence-electron chi connectivity index (χ4n) is 8.39. The highest BCUT2D eigenvalue weighted by Gasteiger charge is 2.45. The van der Waals surface area contributed by atoms with Crippen LogP contribution in [-0.2, 0) is 0 Å². The molecule has 4 aliphatic rings. The van der Waals surface area contributed by atoms with Gasteiger partial charge < -0.3 is 9.30 Å². The third-order valence-electron chi connectivity index (χ3n) is 9.75. The van der Waals surface area contributed by atoms with E-state index in [0.717, 1.165) is 41.8 Å². The van der Waals surface area contributed by atoms with Gasteiger partial charge in [0.2, 0.25) is 0 Å². The summed E-state index contributed by atoms with van der Waals surface area (Å²) >= 11 is 0. The first-order valence-corrected chi connectivity index (χ1v) is 14.3. The Morgan fingerprint density at radius 3 is 2.30 bits per heavy atom. The number of hydrogen-bond donors (Lipinski definition) is 0.